The van der Waals surface area contributed by atoms with Gasteiger partial charge in [-0.1, -0.05) is 0 Å². The summed E-state index contributed by atoms with van der Waals surface area (Å²) in [5.41, 5.74) is 4.82. The lowest BCUT2D eigenvalue weighted by Gasteiger charge is -2.25. The van der Waals surface area contributed by atoms with E-state index in [1.807, 2.05) is 19.2 Å². The molecule has 0 aliphatic rings. The Balaban J connectivity index is 4.10. The van der Waals surface area contributed by atoms with Crippen molar-refractivity contribution in [2.75, 3.05) is 13.1 Å². The van der Waals surface area contributed by atoms with Crippen LogP contribution in [0, 0.1) is 0 Å². The summed E-state index contributed by atoms with van der Waals surface area (Å²) in [6.07, 6.45) is 0.512. The van der Waals surface area contributed by atoms with Crippen molar-refractivity contribution >= 4 is 17.9 Å². The summed E-state index contributed by atoms with van der Waals surface area (Å²) < 4.78 is 0. The third-order valence-electron chi connectivity index (χ3n) is 2.18. The number of carbonyl (C=O) groups is 3. The Kier molecular flexibility index (Phi) is 6.88. The molecule has 0 bridgehead atoms. The minimum atomic E-state index is -0.885. The van der Waals surface area contributed by atoms with E-state index >= 15 is 0 Å². The average Bonchev–Trinajstić information content (AvgIpc) is 2.13. The second kappa shape index (κ2) is 7.61. The topological polar surface area (TPSA) is 113 Å². The monoisotopic (exact) mass is 245 g/mol. The molecule has 0 saturated carbocycles. The van der Waals surface area contributed by atoms with Crippen LogP contribution in [0.1, 0.15) is 26.7 Å². The van der Waals surface area contributed by atoms with Crippen molar-refractivity contribution in [2.24, 2.45) is 5.73 Å². The van der Waals surface area contributed by atoms with E-state index in [1.54, 1.807) is 4.90 Å². The van der Waals surface area contributed by atoms with E-state index in [2.05, 4.69) is 0 Å². The van der Waals surface area contributed by atoms with E-state index in [0.29, 0.717) is 13.0 Å². The predicted molar refractivity (Wildman–Crippen MR) is 61.3 cm³/mol. The molecule has 0 spiro atoms. The highest BCUT2D eigenvalue weighted by atomic mass is 16.4. The number of hydrogen-bond donors (Lipinski definition) is 3. The number of nitrogens with zero attached hydrogens (tertiary/aromatic N) is 1. The SMILES string of the molecule is CC(C)N(CCCC(=O)O)CC(=O)NC(N)=O. The van der Waals surface area contributed by atoms with Gasteiger partial charge in [-0.05, 0) is 26.8 Å². The zero-order valence-electron chi connectivity index (χ0n) is 10.1. The highest BCUT2D eigenvalue weighted by molar-refractivity contribution is 5.94. The van der Waals surface area contributed by atoms with Crippen molar-refractivity contribution in [2.45, 2.75) is 32.7 Å². The van der Waals surface area contributed by atoms with Crippen LogP contribution in [0.3, 0.4) is 0 Å². The standard InChI is InChI=1S/C10H19N3O4/c1-7(2)13(5-3-4-9(15)16)6-8(14)12-10(11)17/h7H,3-6H2,1-2H3,(H,15,16)(H3,11,12,14,17). The molecule has 98 valence electrons. The maximum Gasteiger partial charge on any atom is 0.318 e. The average molecular weight is 245 g/mol. The molecule has 3 amide bonds. The van der Waals surface area contributed by atoms with Gasteiger partial charge in [0.25, 0.3) is 0 Å². The molecule has 0 saturated heterocycles. The van der Waals surface area contributed by atoms with Crippen LogP contribution in [0.25, 0.3) is 0 Å². The smallest absolute Gasteiger partial charge is 0.318 e. The Labute approximate surface area is 100.0 Å². The summed E-state index contributed by atoms with van der Waals surface area (Å²) in [6, 6.07) is -0.799. The molecule has 0 aromatic rings. The fourth-order valence-electron chi connectivity index (χ4n) is 1.31. The Bertz CT molecular complexity index is 291. The van der Waals surface area contributed by atoms with Crippen molar-refractivity contribution in [3.8, 4) is 0 Å². The third-order valence-corrected chi connectivity index (χ3v) is 2.18. The first-order chi connectivity index (χ1) is 7.82. The number of nitrogens with one attached hydrogen (secondary N) is 1. The molecule has 7 nitrogen and oxygen atoms in total. The van der Waals surface area contributed by atoms with Gasteiger partial charge in [0.2, 0.25) is 5.91 Å². The predicted octanol–water partition coefficient (Wildman–Crippen LogP) is -0.243. The van der Waals surface area contributed by atoms with Gasteiger partial charge in [0.15, 0.2) is 0 Å². The van der Waals surface area contributed by atoms with Gasteiger partial charge in [0.05, 0.1) is 6.54 Å². The van der Waals surface area contributed by atoms with Crippen molar-refractivity contribution in [1.29, 1.82) is 0 Å². The lowest BCUT2D eigenvalue weighted by Crippen LogP contribution is -2.44. The zero-order chi connectivity index (χ0) is 13.4. The largest absolute Gasteiger partial charge is 0.481 e. The van der Waals surface area contributed by atoms with Gasteiger partial charge in [-0.3, -0.25) is 19.8 Å². The molecule has 17 heavy (non-hydrogen) atoms. The lowest BCUT2D eigenvalue weighted by molar-refractivity contribution is -0.137. The van der Waals surface area contributed by atoms with E-state index in [1.165, 1.54) is 0 Å². The number of rotatable bonds is 7. The molecular weight excluding hydrogens is 226 g/mol. The molecular formula is C10H19N3O4. The number of imide groups is 1. The summed E-state index contributed by atoms with van der Waals surface area (Å²) in [5, 5.41) is 10.5. The van der Waals surface area contributed by atoms with E-state index in [4.69, 9.17) is 10.8 Å². The molecule has 0 aromatic heterocycles. The summed E-state index contributed by atoms with van der Waals surface area (Å²) in [6.45, 7) is 4.28. The normalized spacial score (nSPS) is 10.6. The number of aliphatic carboxylic acids is 1. The summed E-state index contributed by atoms with van der Waals surface area (Å²) in [4.78, 5) is 33.9. The number of carbonyl (C=O) groups excluding carboxylic acids is 2. The molecule has 0 heterocycles. The van der Waals surface area contributed by atoms with Gasteiger partial charge in [0, 0.05) is 12.5 Å². The first kappa shape index (κ1) is 15.4. The molecule has 0 unspecified atom stereocenters. The molecule has 0 radical (unpaired) electrons. The quantitative estimate of drug-likeness (QED) is 0.572. The lowest BCUT2D eigenvalue weighted by atomic mass is 10.2. The number of hydrogen-bond acceptors (Lipinski definition) is 4. The maximum absolute atomic E-state index is 11.3. The van der Waals surface area contributed by atoms with Crippen LogP contribution in [0.4, 0.5) is 4.79 Å². The fourth-order valence-corrected chi connectivity index (χ4v) is 1.31. The first-order valence-electron chi connectivity index (χ1n) is 5.38. The van der Waals surface area contributed by atoms with Crippen LogP contribution in [0.5, 0.6) is 0 Å². The molecule has 0 atom stereocenters. The highest BCUT2D eigenvalue weighted by Gasteiger charge is 2.15. The van der Waals surface area contributed by atoms with Crippen molar-refractivity contribution < 1.29 is 19.5 Å². The molecule has 0 aliphatic carbocycles. The highest BCUT2D eigenvalue weighted by Crippen LogP contribution is 2.01. The number of nitrogens with two attached hydrogens (primary N) is 1. The Hall–Kier alpha value is -1.63. The zero-order valence-corrected chi connectivity index (χ0v) is 10.1. The second-order valence-electron chi connectivity index (χ2n) is 3.97. The Morgan fingerprint density at radius 1 is 1.35 bits per heavy atom. The molecule has 0 aromatic carbocycles. The van der Waals surface area contributed by atoms with Gasteiger partial charge in [-0.15, -0.1) is 0 Å². The Morgan fingerprint density at radius 3 is 2.35 bits per heavy atom. The Morgan fingerprint density at radius 2 is 1.94 bits per heavy atom. The number of urea groups is 1. The van der Waals surface area contributed by atoms with E-state index < -0.39 is 17.9 Å². The van der Waals surface area contributed by atoms with Gasteiger partial charge in [-0.2, -0.15) is 0 Å². The van der Waals surface area contributed by atoms with Crippen molar-refractivity contribution in [3.05, 3.63) is 0 Å². The van der Waals surface area contributed by atoms with Crippen LogP contribution in [-0.2, 0) is 9.59 Å². The van der Waals surface area contributed by atoms with Crippen LogP contribution in [-0.4, -0.2) is 47.0 Å². The number of primary amides is 1. The molecule has 0 fully saturated rings. The molecule has 0 aliphatic heterocycles. The maximum atomic E-state index is 11.3. The van der Waals surface area contributed by atoms with Crippen LogP contribution in [0.15, 0.2) is 0 Å². The summed E-state index contributed by atoms with van der Waals surface area (Å²) in [7, 11) is 0. The minimum absolute atomic E-state index is 0.0280. The summed E-state index contributed by atoms with van der Waals surface area (Å²) in [5.74, 6) is -1.35. The number of carboxylic acids is 1. The molecule has 0 rings (SSSR count). The third kappa shape index (κ3) is 8.21. The summed E-state index contributed by atoms with van der Waals surface area (Å²) >= 11 is 0. The number of amides is 3. The van der Waals surface area contributed by atoms with Gasteiger partial charge >= 0.3 is 12.0 Å². The van der Waals surface area contributed by atoms with Crippen LogP contribution >= 0.6 is 0 Å². The van der Waals surface area contributed by atoms with E-state index in [-0.39, 0.29) is 19.0 Å². The van der Waals surface area contributed by atoms with E-state index in [9.17, 15) is 14.4 Å². The number of carboxylic acid groups (broad SMARTS) is 1. The van der Waals surface area contributed by atoms with Crippen molar-refractivity contribution in [1.82, 2.24) is 10.2 Å². The van der Waals surface area contributed by atoms with Gasteiger partial charge in [0.1, 0.15) is 0 Å². The first-order valence-corrected chi connectivity index (χ1v) is 5.38. The fraction of sp³-hybridized carbons (Fsp3) is 0.700. The second-order valence-corrected chi connectivity index (χ2v) is 3.97. The molecule has 7 heteroatoms. The molecule has 4 N–H and O–H groups in total. The van der Waals surface area contributed by atoms with Gasteiger partial charge in [-0.25, -0.2) is 4.79 Å². The van der Waals surface area contributed by atoms with Crippen LogP contribution < -0.4 is 11.1 Å². The van der Waals surface area contributed by atoms with Gasteiger partial charge < -0.3 is 10.8 Å². The minimum Gasteiger partial charge on any atom is -0.481 e. The van der Waals surface area contributed by atoms with Crippen LogP contribution in [0.2, 0.25) is 0 Å². The van der Waals surface area contributed by atoms with E-state index in [0.717, 1.165) is 0 Å². The van der Waals surface area contributed by atoms with Crippen molar-refractivity contribution in [3.63, 3.8) is 0 Å².